The van der Waals surface area contributed by atoms with Gasteiger partial charge in [-0.3, -0.25) is 4.79 Å². The van der Waals surface area contributed by atoms with Gasteiger partial charge in [-0.05, 0) is 31.0 Å². The number of carbonyl (C=O) groups is 1. The number of nitrogens with two attached hydrogens (primary N) is 1. The monoisotopic (exact) mass is 238 g/mol. The zero-order valence-corrected chi connectivity index (χ0v) is 9.76. The van der Waals surface area contributed by atoms with Gasteiger partial charge in [0, 0.05) is 10.9 Å². The van der Waals surface area contributed by atoms with Gasteiger partial charge in [0.1, 0.15) is 0 Å². The van der Waals surface area contributed by atoms with E-state index in [0.717, 1.165) is 25.7 Å². The van der Waals surface area contributed by atoms with Crippen molar-refractivity contribution in [2.45, 2.75) is 25.7 Å². The topological polar surface area (TPSA) is 55.1 Å². The average molecular weight is 239 g/mol. The Kier molecular flexibility index (Phi) is 3.34. The quantitative estimate of drug-likeness (QED) is 0.778. The molecule has 0 spiro atoms. The van der Waals surface area contributed by atoms with Gasteiger partial charge >= 0.3 is 0 Å². The molecule has 3 N–H and O–H groups in total. The maximum atomic E-state index is 11.9. The normalized spacial score (nSPS) is 16.3. The third-order valence-corrected chi connectivity index (χ3v) is 3.23. The van der Waals surface area contributed by atoms with E-state index in [9.17, 15) is 4.79 Å². The van der Waals surface area contributed by atoms with E-state index in [-0.39, 0.29) is 11.8 Å². The molecule has 0 unspecified atom stereocenters. The molecule has 1 amide bonds. The van der Waals surface area contributed by atoms with E-state index in [1.165, 1.54) is 0 Å². The summed E-state index contributed by atoms with van der Waals surface area (Å²) in [7, 11) is 0. The van der Waals surface area contributed by atoms with Crippen LogP contribution in [0.3, 0.4) is 0 Å². The number of hydrogen-bond donors (Lipinski definition) is 2. The van der Waals surface area contributed by atoms with Gasteiger partial charge in [0.05, 0.1) is 11.4 Å². The van der Waals surface area contributed by atoms with Gasteiger partial charge in [0.25, 0.3) is 0 Å². The molecule has 0 atom stereocenters. The maximum Gasteiger partial charge on any atom is 0.227 e. The lowest BCUT2D eigenvalue weighted by molar-refractivity contribution is -0.119. The van der Waals surface area contributed by atoms with Gasteiger partial charge in [-0.2, -0.15) is 0 Å². The third kappa shape index (κ3) is 2.47. The molecule has 1 aliphatic rings. The lowest BCUT2D eigenvalue weighted by Crippen LogP contribution is -2.20. The molecule has 0 bridgehead atoms. The minimum atomic E-state index is 0.0755. The Morgan fingerprint density at radius 1 is 1.38 bits per heavy atom. The average Bonchev–Trinajstić information content (AvgIpc) is 2.75. The Morgan fingerprint density at radius 2 is 2.06 bits per heavy atom. The standard InChI is InChI=1S/C12H15ClN2O/c13-9-5-6-11(10(14)7-9)15-12(16)8-3-1-2-4-8/h5-8H,1-4,14H2,(H,15,16). The number of halogens is 1. The van der Waals surface area contributed by atoms with Gasteiger partial charge in [0.2, 0.25) is 5.91 Å². The highest BCUT2D eigenvalue weighted by molar-refractivity contribution is 6.31. The molecular weight excluding hydrogens is 224 g/mol. The van der Waals surface area contributed by atoms with Crippen molar-refractivity contribution in [3.63, 3.8) is 0 Å². The molecule has 0 aromatic heterocycles. The molecule has 4 heteroatoms. The van der Waals surface area contributed by atoms with Crippen molar-refractivity contribution in [3.05, 3.63) is 23.2 Å². The Bertz CT molecular complexity index is 400. The van der Waals surface area contributed by atoms with Crippen LogP contribution < -0.4 is 11.1 Å². The van der Waals surface area contributed by atoms with Crippen LogP contribution in [0.25, 0.3) is 0 Å². The van der Waals surface area contributed by atoms with Gasteiger partial charge in [-0.25, -0.2) is 0 Å². The van der Waals surface area contributed by atoms with Crippen LogP contribution in [0.1, 0.15) is 25.7 Å². The summed E-state index contributed by atoms with van der Waals surface area (Å²) >= 11 is 5.79. The predicted octanol–water partition coefficient (Wildman–Crippen LogP) is 3.05. The Labute approximate surface area is 100.0 Å². The van der Waals surface area contributed by atoms with Gasteiger partial charge in [0.15, 0.2) is 0 Å². The van der Waals surface area contributed by atoms with Crippen LogP contribution in [-0.2, 0) is 4.79 Å². The van der Waals surface area contributed by atoms with Crippen molar-refractivity contribution in [1.82, 2.24) is 0 Å². The number of benzene rings is 1. The van der Waals surface area contributed by atoms with Gasteiger partial charge in [-0.1, -0.05) is 24.4 Å². The van der Waals surface area contributed by atoms with Crippen LogP contribution in [0.2, 0.25) is 5.02 Å². The molecule has 1 fully saturated rings. The highest BCUT2D eigenvalue weighted by atomic mass is 35.5. The van der Waals surface area contributed by atoms with Gasteiger partial charge < -0.3 is 11.1 Å². The molecule has 16 heavy (non-hydrogen) atoms. The Morgan fingerprint density at radius 3 is 2.69 bits per heavy atom. The van der Waals surface area contributed by atoms with Crippen molar-refractivity contribution in [2.75, 3.05) is 11.1 Å². The summed E-state index contributed by atoms with van der Waals surface area (Å²) in [5, 5.41) is 3.44. The molecule has 0 radical (unpaired) electrons. The van der Waals surface area contributed by atoms with Crippen molar-refractivity contribution in [3.8, 4) is 0 Å². The molecule has 1 aromatic carbocycles. The summed E-state index contributed by atoms with van der Waals surface area (Å²) in [5.74, 6) is 0.224. The molecule has 1 aliphatic carbocycles. The molecular formula is C12H15ClN2O. The fourth-order valence-corrected chi connectivity index (χ4v) is 2.25. The fraction of sp³-hybridized carbons (Fsp3) is 0.417. The minimum absolute atomic E-state index is 0.0755. The lowest BCUT2D eigenvalue weighted by Gasteiger charge is -2.12. The summed E-state index contributed by atoms with van der Waals surface area (Å²) in [6.45, 7) is 0. The second-order valence-electron chi connectivity index (χ2n) is 4.20. The van der Waals surface area contributed by atoms with Crippen LogP contribution in [0, 0.1) is 5.92 Å². The first kappa shape index (κ1) is 11.3. The van der Waals surface area contributed by atoms with Crippen LogP contribution in [0.4, 0.5) is 11.4 Å². The number of anilines is 2. The number of rotatable bonds is 2. The molecule has 0 saturated heterocycles. The zero-order valence-electron chi connectivity index (χ0n) is 9.00. The number of carbonyl (C=O) groups excluding carboxylic acids is 1. The highest BCUT2D eigenvalue weighted by Crippen LogP contribution is 2.28. The van der Waals surface area contributed by atoms with Crippen molar-refractivity contribution < 1.29 is 4.79 Å². The molecule has 0 heterocycles. The molecule has 1 aromatic rings. The first-order valence-electron chi connectivity index (χ1n) is 5.52. The zero-order chi connectivity index (χ0) is 11.5. The number of amides is 1. The van der Waals surface area contributed by atoms with E-state index in [0.29, 0.717) is 16.4 Å². The number of nitrogens with one attached hydrogen (secondary N) is 1. The fourth-order valence-electron chi connectivity index (χ4n) is 2.07. The molecule has 86 valence electrons. The van der Waals surface area contributed by atoms with Crippen LogP contribution in [0.5, 0.6) is 0 Å². The molecule has 0 aliphatic heterocycles. The Balaban J connectivity index is 2.05. The van der Waals surface area contributed by atoms with Crippen LogP contribution in [-0.4, -0.2) is 5.91 Å². The summed E-state index contributed by atoms with van der Waals surface area (Å²) < 4.78 is 0. The third-order valence-electron chi connectivity index (χ3n) is 3.00. The lowest BCUT2D eigenvalue weighted by atomic mass is 10.1. The SMILES string of the molecule is Nc1cc(Cl)ccc1NC(=O)C1CCCC1. The van der Waals surface area contributed by atoms with E-state index in [4.69, 9.17) is 17.3 Å². The minimum Gasteiger partial charge on any atom is -0.397 e. The number of nitrogen functional groups attached to an aromatic ring is 1. The first-order chi connectivity index (χ1) is 7.66. The summed E-state index contributed by atoms with van der Waals surface area (Å²) in [6, 6.07) is 5.11. The first-order valence-corrected chi connectivity index (χ1v) is 5.90. The van der Waals surface area contributed by atoms with E-state index in [2.05, 4.69) is 5.32 Å². The van der Waals surface area contributed by atoms with Gasteiger partial charge in [-0.15, -0.1) is 0 Å². The molecule has 2 rings (SSSR count). The largest absolute Gasteiger partial charge is 0.397 e. The van der Waals surface area contributed by atoms with Crippen molar-refractivity contribution >= 4 is 28.9 Å². The van der Waals surface area contributed by atoms with E-state index in [1.54, 1.807) is 18.2 Å². The van der Waals surface area contributed by atoms with Crippen molar-refractivity contribution in [1.29, 1.82) is 0 Å². The summed E-state index contributed by atoms with van der Waals surface area (Å²) in [6.07, 6.45) is 4.26. The number of hydrogen-bond acceptors (Lipinski definition) is 2. The van der Waals surface area contributed by atoms with Crippen molar-refractivity contribution in [2.24, 2.45) is 5.92 Å². The van der Waals surface area contributed by atoms with E-state index < -0.39 is 0 Å². The predicted molar refractivity (Wildman–Crippen MR) is 66.5 cm³/mol. The molecule has 1 saturated carbocycles. The second-order valence-corrected chi connectivity index (χ2v) is 4.64. The van der Waals surface area contributed by atoms with Crippen LogP contribution >= 0.6 is 11.6 Å². The highest BCUT2D eigenvalue weighted by Gasteiger charge is 2.22. The van der Waals surface area contributed by atoms with Crippen LogP contribution in [0.15, 0.2) is 18.2 Å². The Hall–Kier alpha value is -1.22. The molecule has 3 nitrogen and oxygen atoms in total. The summed E-state index contributed by atoms with van der Waals surface area (Å²) in [4.78, 5) is 11.9. The second kappa shape index (κ2) is 4.74. The summed E-state index contributed by atoms with van der Waals surface area (Å²) in [5.41, 5.74) is 6.94. The maximum absolute atomic E-state index is 11.9. The smallest absolute Gasteiger partial charge is 0.227 e. The van der Waals surface area contributed by atoms with E-state index >= 15 is 0 Å². The van der Waals surface area contributed by atoms with E-state index in [1.807, 2.05) is 0 Å².